The lowest BCUT2D eigenvalue weighted by Gasteiger charge is -2.32. The predicted molar refractivity (Wildman–Crippen MR) is 122 cm³/mol. The number of hydrogen-bond donors (Lipinski definition) is 2. The second-order valence-electron chi connectivity index (χ2n) is 9.43. The molecule has 1 aromatic rings. The fourth-order valence-electron chi connectivity index (χ4n) is 3.64. The molecular formula is C23H37N3O4S. The number of nitrogens with one attached hydrogen (secondary N) is 2. The van der Waals surface area contributed by atoms with E-state index in [9.17, 15) is 18.0 Å². The van der Waals surface area contributed by atoms with Gasteiger partial charge < -0.3 is 10.6 Å². The summed E-state index contributed by atoms with van der Waals surface area (Å²) in [6, 6.07) is 5.00. The minimum Gasteiger partial charge on any atom is -0.354 e. The van der Waals surface area contributed by atoms with Crippen molar-refractivity contribution in [3.05, 3.63) is 29.3 Å². The molecule has 1 heterocycles. The van der Waals surface area contributed by atoms with Crippen LogP contribution in [0, 0.1) is 12.8 Å². The number of aryl methyl sites for hydroxylation is 1. The summed E-state index contributed by atoms with van der Waals surface area (Å²) in [4.78, 5) is 24.9. The van der Waals surface area contributed by atoms with Crippen molar-refractivity contribution in [1.82, 2.24) is 14.9 Å². The number of rotatable bonds is 7. The van der Waals surface area contributed by atoms with Gasteiger partial charge >= 0.3 is 0 Å². The lowest BCUT2D eigenvalue weighted by Crippen LogP contribution is -2.49. The van der Waals surface area contributed by atoms with Crippen LogP contribution in [0.3, 0.4) is 0 Å². The van der Waals surface area contributed by atoms with Gasteiger partial charge in [0.05, 0.1) is 4.90 Å². The first-order valence-corrected chi connectivity index (χ1v) is 12.5. The molecule has 0 radical (unpaired) electrons. The molecule has 2 N–H and O–H groups in total. The van der Waals surface area contributed by atoms with E-state index in [0.29, 0.717) is 24.3 Å². The van der Waals surface area contributed by atoms with Crippen molar-refractivity contribution >= 4 is 21.8 Å². The van der Waals surface area contributed by atoms with E-state index in [1.165, 1.54) is 4.31 Å². The van der Waals surface area contributed by atoms with Crippen LogP contribution in [0.4, 0.5) is 0 Å². The molecule has 1 atom stereocenters. The lowest BCUT2D eigenvalue weighted by molar-refractivity contribution is -0.131. The first-order chi connectivity index (χ1) is 14.4. The van der Waals surface area contributed by atoms with Crippen molar-refractivity contribution in [2.75, 3.05) is 19.6 Å². The predicted octanol–water partition coefficient (Wildman–Crippen LogP) is 2.72. The molecule has 7 nitrogen and oxygen atoms in total. The molecule has 1 fully saturated rings. The number of hydrogen-bond acceptors (Lipinski definition) is 4. The second-order valence-corrected chi connectivity index (χ2v) is 11.3. The largest absolute Gasteiger partial charge is 0.354 e. The zero-order valence-electron chi connectivity index (χ0n) is 19.6. The second kappa shape index (κ2) is 10.1. The molecular weight excluding hydrogens is 414 g/mol. The Hall–Kier alpha value is -1.93. The van der Waals surface area contributed by atoms with Crippen LogP contribution in [0.1, 0.15) is 65.0 Å². The summed E-state index contributed by atoms with van der Waals surface area (Å²) < 4.78 is 28.1. The van der Waals surface area contributed by atoms with Gasteiger partial charge in [-0.1, -0.05) is 39.8 Å². The number of nitrogens with zero attached hydrogens (tertiary/aromatic N) is 1. The molecule has 0 aromatic heterocycles. The van der Waals surface area contributed by atoms with Gasteiger partial charge in [-0.15, -0.1) is 0 Å². The van der Waals surface area contributed by atoms with Crippen molar-refractivity contribution in [3.63, 3.8) is 0 Å². The van der Waals surface area contributed by atoms with Crippen molar-refractivity contribution in [2.45, 2.75) is 77.2 Å². The van der Waals surface area contributed by atoms with E-state index >= 15 is 0 Å². The van der Waals surface area contributed by atoms with E-state index < -0.39 is 16.1 Å². The van der Waals surface area contributed by atoms with E-state index in [-0.39, 0.29) is 36.2 Å². The van der Waals surface area contributed by atoms with E-state index in [1.807, 2.05) is 26.0 Å². The highest BCUT2D eigenvalue weighted by Gasteiger charge is 2.34. The van der Waals surface area contributed by atoms with Crippen molar-refractivity contribution in [3.8, 4) is 0 Å². The lowest BCUT2D eigenvalue weighted by atomic mass is 9.87. The molecule has 1 aromatic carbocycles. The van der Waals surface area contributed by atoms with E-state index in [0.717, 1.165) is 17.5 Å². The Labute approximate surface area is 187 Å². The van der Waals surface area contributed by atoms with E-state index in [2.05, 4.69) is 31.4 Å². The van der Waals surface area contributed by atoms with Gasteiger partial charge in [0.25, 0.3) is 0 Å². The number of carbonyl (C=O) groups is 2. The number of carbonyl (C=O) groups excluding carboxylic acids is 2. The summed E-state index contributed by atoms with van der Waals surface area (Å²) in [5.74, 6) is -0.693. The van der Waals surface area contributed by atoms with Crippen LogP contribution in [-0.2, 0) is 25.0 Å². The van der Waals surface area contributed by atoms with Crippen LogP contribution in [0.2, 0.25) is 0 Å². The number of sulfonamides is 1. The standard InChI is InChI=1S/C23H37N3O4S/c1-7-12-24-21(27)17(3)25-22(28)18-10-13-26(14-11-18)31(29,30)20-15-19(23(4,5)6)9-8-16(20)2/h8-9,15,17-18H,7,10-14H2,1-6H3,(H,24,27)(H,25,28)/t17-/m0/s1. The Bertz CT molecular complexity index is 898. The molecule has 1 aliphatic rings. The van der Waals surface area contributed by atoms with Crippen LogP contribution in [-0.4, -0.2) is 50.2 Å². The summed E-state index contributed by atoms with van der Waals surface area (Å²) in [6.07, 6.45) is 1.70. The normalized spacial score (nSPS) is 17.2. The van der Waals surface area contributed by atoms with Gasteiger partial charge in [0.15, 0.2) is 0 Å². The maximum Gasteiger partial charge on any atom is 0.243 e. The van der Waals surface area contributed by atoms with Crippen molar-refractivity contribution in [1.29, 1.82) is 0 Å². The molecule has 1 aliphatic heterocycles. The first-order valence-electron chi connectivity index (χ1n) is 11.1. The highest BCUT2D eigenvalue weighted by atomic mass is 32.2. The van der Waals surface area contributed by atoms with Crippen LogP contribution >= 0.6 is 0 Å². The smallest absolute Gasteiger partial charge is 0.243 e. The van der Waals surface area contributed by atoms with Crippen molar-refractivity contribution < 1.29 is 18.0 Å². The van der Waals surface area contributed by atoms with Gasteiger partial charge in [0, 0.05) is 25.6 Å². The topological polar surface area (TPSA) is 95.6 Å². The average molecular weight is 452 g/mol. The van der Waals surface area contributed by atoms with Gasteiger partial charge in [-0.05, 0) is 55.7 Å². The fourth-order valence-corrected chi connectivity index (χ4v) is 5.36. The zero-order chi connectivity index (χ0) is 23.4. The molecule has 0 saturated carbocycles. The molecule has 0 unspecified atom stereocenters. The van der Waals surface area contributed by atoms with Gasteiger partial charge in [0.2, 0.25) is 21.8 Å². The number of benzene rings is 1. The summed E-state index contributed by atoms with van der Waals surface area (Å²) >= 11 is 0. The number of piperidine rings is 1. The third kappa shape index (κ3) is 6.29. The van der Waals surface area contributed by atoms with Gasteiger partial charge in [-0.3, -0.25) is 9.59 Å². The molecule has 1 saturated heterocycles. The maximum atomic E-state index is 13.3. The van der Waals surface area contributed by atoms with Crippen LogP contribution in [0.15, 0.2) is 23.1 Å². The van der Waals surface area contributed by atoms with Crippen LogP contribution in [0.5, 0.6) is 0 Å². The van der Waals surface area contributed by atoms with E-state index in [1.54, 1.807) is 13.0 Å². The Morgan fingerprint density at radius 2 is 1.81 bits per heavy atom. The zero-order valence-corrected chi connectivity index (χ0v) is 20.4. The van der Waals surface area contributed by atoms with Crippen LogP contribution < -0.4 is 10.6 Å². The Morgan fingerprint density at radius 3 is 2.35 bits per heavy atom. The Kier molecular flexibility index (Phi) is 8.27. The highest BCUT2D eigenvalue weighted by Crippen LogP contribution is 2.30. The van der Waals surface area contributed by atoms with Gasteiger partial charge in [-0.25, -0.2) is 8.42 Å². The third-order valence-electron chi connectivity index (χ3n) is 5.80. The molecule has 8 heteroatoms. The summed E-state index contributed by atoms with van der Waals surface area (Å²) in [5, 5.41) is 5.52. The molecule has 2 rings (SSSR count). The molecule has 0 aliphatic carbocycles. The number of amides is 2. The summed E-state index contributed by atoms with van der Waals surface area (Å²) in [7, 11) is -3.63. The van der Waals surface area contributed by atoms with Crippen LogP contribution in [0.25, 0.3) is 0 Å². The summed E-state index contributed by atoms with van der Waals surface area (Å²) in [5.41, 5.74) is 1.55. The minimum absolute atomic E-state index is 0.150. The Balaban J connectivity index is 2.04. The molecule has 0 bridgehead atoms. The molecule has 174 valence electrons. The highest BCUT2D eigenvalue weighted by molar-refractivity contribution is 7.89. The molecule has 2 amide bonds. The Morgan fingerprint density at radius 1 is 1.19 bits per heavy atom. The molecule has 31 heavy (non-hydrogen) atoms. The average Bonchev–Trinajstić information content (AvgIpc) is 2.71. The van der Waals surface area contributed by atoms with Gasteiger partial charge in [0.1, 0.15) is 6.04 Å². The van der Waals surface area contributed by atoms with E-state index in [4.69, 9.17) is 0 Å². The molecule has 0 spiro atoms. The maximum absolute atomic E-state index is 13.3. The SMILES string of the molecule is CCCNC(=O)[C@H](C)NC(=O)C1CCN(S(=O)(=O)c2cc(C(C)(C)C)ccc2C)CC1. The van der Waals surface area contributed by atoms with Gasteiger partial charge in [-0.2, -0.15) is 4.31 Å². The van der Waals surface area contributed by atoms with Crippen molar-refractivity contribution in [2.24, 2.45) is 5.92 Å². The monoisotopic (exact) mass is 451 g/mol. The first kappa shape index (κ1) is 25.3. The minimum atomic E-state index is -3.63. The third-order valence-corrected chi connectivity index (χ3v) is 7.84. The fraction of sp³-hybridized carbons (Fsp3) is 0.652. The summed E-state index contributed by atoms with van der Waals surface area (Å²) in [6.45, 7) is 12.8. The quantitative estimate of drug-likeness (QED) is 0.666.